The Kier molecular flexibility index (Phi) is 10.1. The zero-order valence-corrected chi connectivity index (χ0v) is 22.7. The van der Waals surface area contributed by atoms with Crippen LogP contribution >= 0.6 is 12.6 Å². The second-order valence-electron chi connectivity index (χ2n) is 10.8. The molecule has 0 radical (unpaired) electrons. The minimum Gasteiger partial charge on any atom is -0.343 e. The summed E-state index contributed by atoms with van der Waals surface area (Å²) >= 11 is 4.33. The molecule has 34 heavy (non-hydrogen) atoms. The molecule has 1 rings (SSSR count). The highest BCUT2D eigenvalue weighted by molar-refractivity contribution is 7.81. The summed E-state index contributed by atoms with van der Waals surface area (Å²) in [6, 6.07) is -1.95. The van der Waals surface area contributed by atoms with Gasteiger partial charge in [-0.2, -0.15) is 12.6 Å². The highest BCUT2D eigenvalue weighted by Gasteiger charge is 2.49. The quantitative estimate of drug-likeness (QED) is 0.264. The number of hydrogen-bond acceptors (Lipinski definition) is 7. The molecule has 0 bridgehead atoms. The van der Waals surface area contributed by atoms with E-state index in [-0.39, 0.29) is 24.8 Å². The Morgan fingerprint density at radius 3 is 2.03 bits per heavy atom. The minimum absolute atomic E-state index is 0.0297. The van der Waals surface area contributed by atoms with E-state index in [1.807, 2.05) is 34.6 Å². The zero-order valence-electron chi connectivity index (χ0n) is 21.8. The van der Waals surface area contributed by atoms with Crippen molar-refractivity contribution in [2.24, 2.45) is 11.3 Å². The molecule has 6 amide bonds. The Balaban J connectivity index is 2.81. The van der Waals surface area contributed by atoms with Crippen LogP contribution in [0.3, 0.4) is 0 Å². The van der Waals surface area contributed by atoms with Crippen LogP contribution < -0.4 is 16.0 Å². The van der Waals surface area contributed by atoms with Gasteiger partial charge in [-0.15, -0.1) is 0 Å². The average Bonchev–Trinajstić information content (AvgIpc) is 2.84. The lowest BCUT2D eigenvalue weighted by molar-refractivity contribution is -0.136. The third-order valence-electron chi connectivity index (χ3n) is 6.06. The first-order valence-corrected chi connectivity index (χ1v) is 12.1. The van der Waals surface area contributed by atoms with Gasteiger partial charge in [0.2, 0.25) is 17.7 Å². The fourth-order valence-electron chi connectivity index (χ4n) is 3.77. The number of imide groups is 2. The summed E-state index contributed by atoms with van der Waals surface area (Å²) in [5.74, 6) is -1.84. The number of thiol groups is 1. The number of likely N-dealkylation sites (N-methyl/N-ethyl adjacent to an activating group) is 2. The fourth-order valence-corrected chi connectivity index (χ4v) is 3.96. The summed E-state index contributed by atoms with van der Waals surface area (Å²) in [6.45, 7) is 12.8. The third-order valence-corrected chi connectivity index (χ3v) is 6.55. The molecule has 0 saturated carbocycles. The number of rotatable bonds is 10. The van der Waals surface area contributed by atoms with Gasteiger partial charge in [0, 0.05) is 13.6 Å². The largest absolute Gasteiger partial charge is 0.343 e. The van der Waals surface area contributed by atoms with Crippen LogP contribution in [0.4, 0.5) is 4.79 Å². The minimum atomic E-state index is -0.948. The Hall–Kier alpha value is -2.14. The number of nitrogens with zero attached hydrogens (tertiary/aromatic N) is 2. The maximum Gasteiger partial charge on any atom is 0.327 e. The van der Waals surface area contributed by atoms with Gasteiger partial charge in [-0.05, 0) is 45.1 Å². The fraction of sp³-hybridized carbons (Fsp3) is 0.783. The van der Waals surface area contributed by atoms with E-state index in [2.05, 4.69) is 28.6 Å². The van der Waals surface area contributed by atoms with Gasteiger partial charge >= 0.3 is 6.03 Å². The molecule has 194 valence electrons. The summed E-state index contributed by atoms with van der Waals surface area (Å²) < 4.78 is 0. The highest BCUT2D eigenvalue weighted by atomic mass is 32.1. The van der Waals surface area contributed by atoms with E-state index >= 15 is 0 Å². The monoisotopic (exact) mass is 499 g/mol. The van der Waals surface area contributed by atoms with E-state index in [1.165, 1.54) is 4.90 Å². The number of amides is 6. The molecule has 1 fully saturated rings. The summed E-state index contributed by atoms with van der Waals surface area (Å²) in [7, 11) is 3.20. The SMILES string of the molecule is CN[C@H](C(=O)NC(=O)[C@H](CC(C)C)NC(=O)[C@@H](S)CCN1C(=O)N(C)C(C)(C)C1=O)C(C)(C)C. The Labute approximate surface area is 208 Å². The lowest BCUT2D eigenvalue weighted by atomic mass is 9.86. The van der Waals surface area contributed by atoms with Gasteiger partial charge in [0.25, 0.3) is 5.91 Å². The lowest BCUT2D eigenvalue weighted by Gasteiger charge is -2.29. The molecule has 0 aromatic rings. The molecule has 1 aliphatic heterocycles. The number of carbonyl (C=O) groups excluding carboxylic acids is 5. The van der Waals surface area contributed by atoms with Crippen molar-refractivity contribution < 1.29 is 24.0 Å². The first-order valence-electron chi connectivity index (χ1n) is 11.5. The normalized spacial score (nSPS) is 18.7. The Morgan fingerprint density at radius 1 is 1.06 bits per heavy atom. The zero-order chi connectivity index (χ0) is 26.6. The van der Waals surface area contributed by atoms with E-state index in [9.17, 15) is 24.0 Å². The maximum absolute atomic E-state index is 12.9. The van der Waals surface area contributed by atoms with Crippen LogP contribution in [0.5, 0.6) is 0 Å². The van der Waals surface area contributed by atoms with E-state index in [0.29, 0.717) is 6.42 Å². The van der Waals surface area contributed by atoms with Crippen molar-refractivity contribution in [3.8, 4) is 0 Å². The van der Waals surface area contributed by atoms with E-state index in [1.54, 1.807) is 27.9 Å². The van der Waals surface area contributed by atoms with Gasteiger partial charge in [-0.25, -0.2) is 4.79 Å². The van der Waals surface area contributed by atoms with Crippen LogP contribution in [-0.4, -0.2) is 83.0 Å². The van der Waals surface area contributed by atoms with Gasteiger partial charge in [0.1, 0.15) is 11.6 Å². The molecule has 0 aromatic carbocycles. The first-order chi connectivity index (χ1) is 15.4. The van der Waals surface area contributed by atoms with Crippen LogP contribution in [0.1, 0.15) is 61.3 Å². The van der Waals surface area contributed by atoms with Gasteiger partial charge in [0.05, 0.1) is 11.3 Å². The molecule has 10 nitrogen and oxygen atoms in total. The number of hydrogen-bond donors (Lipinski definition) is 4. The molecule has 3 atom stereocenters. The molecule has 1 heterocycles. The summed E-state index contributed by atoms with van der Waals surface area (Å²) in [5, 5.41) is 7.14. The van der Waals surface area contributed by atoms with Crippen molar-refractivity contribution in [3.63, 3.8) is 0 Å². The van der Waals surface area contributed by atoms with Crippen LogP contribution in [0, 0.1) is 11.3 Å². The summed E-state index contributed by atoms with van der Waals surface area (Å²) in [5.41, 5.74) is -1.37. The van der Waals surface area contributed by atoms with Crippen molar-refractivity contribution >= 4 is 42.3 Å². The van der Waals surface area contributed by atoms with Crippen molar-refractivity contribution in [3.05, 3.63) is 0 Å². The molecule has 0 aliphatic carbocycles. The first kappa shape index (κ1) is 29.9. The molecule has 1 saturated heterocycles. The smallest absolute Gasteiger partial charge is 0.327 e. The summed E-state index contributed by atoms with van der Waals surface area (Å²) in [6.07, 6.45) is 0.449. The average molecular weight is 500 g/mol. The Bertz CT molecular complexity index is 808. The molecule has 0 spiro atoms. The van der Waals surface area contributed by atoms with Crippen molar-refractivity contribution in [2.45, 2.75) is 84.2 Å². The topological polar surface area (TPSA) is 128 Å². The van der Waals surface area contributed by atoms with Crippen molar-refractivity contribution in [1.82, 2.24) is 25.8 Å². The van der Waals surface area contributed by atoms with Gasteiger partial charge < -0.3 is 15.5 Å². The van der Waals surface area contributed by atoms with Crippen LogP contribution in [0.2, 0.25) is 0 Å². The van der Waals surface area contributed by atoms with Crippen molar-refractivity contribution in [2.75, 3.05) is 20.6 Å². The molecule has 3 N–H and O–H groups in total. The molecule has 11 heteroatoms. The molecule has 1 aliphatic rings. The lowest BCUT2D eigenvalue weighted by Crippen LogP contribution is -2.56. The molecule has 0 aromatic heterocycles. The number of urea groups is 1. The molecular formula is C23H41N5O5S. The van der Waals surface area contributed by atoms with Crippen LogP contribution in [-0.2, 0) is 19.2 Å². The van der Waals surface area contributed by atoms with Gasteiger partial charge in [0.15, 0.2) is 0 Å². The van der Waals surface area contributed by atoms with Gasteiger partial charge in [-0.3, -0.25) is 29.4 Å². The van der Waals surface area contributed by atoms with Gasteiger partial charge in [-0.1, -0.05) is 34.6 Å². The van der Waals surface area contributed by atoms with E-state index < -0.39 is 52.0 Å². The van der Waals surface area contributed by atoms with Crippen molar-refractivity contribution in [1.29, 1.82) is 0 Å². The highest BCUT2D eigenvalue weighted by Crippen LogP contribution is 2.26. The number of carbonyl (C=O) groups is 5. The standard InChI is InChI=1S/C23H41N5O5S/c1-13(2)12-14(17(29)26-19(31)16(24-8)22(3,4)5)25-18(30)15(34)10-11-28-20(32)23(6,7)27(9)21(28)33/h13-16,24,34H,10-12H2,1-9H3,(H,25,30)(H,26,29,31)/t14-,15-,16+/m0/s1. The predicted molar refractivity (Wildman–Crippen MR) is 133 cm³/mol. The Morgan fingerprint density at radius 2 is 1.62 bits per heavy atom. The summed E-state index contributed by atoms with van der Waals surface area (Å²) in [4.78, 5) is 65.6. The third kappa shape index (κ3) is 7.18. The molecule has 0 unspecified atom stereocenters. The maximum atomic E-state index is 12.9. The predicted octanol–water partition coefficient (Wildman–Crippen LogP) is 1.16. The number of nitrogens with one attached hydrogen (secondary N) is 3. The van der Waals surface area contributed by atoms with E-state index in [4.69, 9.17) is 0 Å². The van der Waals surface area contributed by atoms with Crippen LogP contribution in [0.15, 0.2) is 0 Å². The van der Waals surface area contributed by atoms with Crippen LogP contribution in [0.25, 0.3) is 0 Å². The second kappa shape index (κ2) is 11.5. The van der Waals surface area contributed by atoms with E-state index in [0.717, 1.165) is 4.90 Å². The second-order valence-corrected chi connectivity index (χ2v) is 11.4. The molecular weight excluding hydrogens is 458 g/mol.